The van der Waals surface area contributed by atoms with E-state index in [9.17, 15) is 4.79 Å². The van der Waals surface area contributed by atoms with Crippen molar-refractivity contribution in [2.24, 2.45) is 5.10 Å². The highest BCUT2D eigenvalue weighted by molar-refractivity contribution is 7.98. The summed E-state index contributed by atoms with van der Waals surface area (Å²) in [4.78, 5) is 11.5. The molecule has 0 atom stereocenters. The molecule has 4 rings (SSSR count). The Hall–Kier alpha value is -3.57. The van der Waals surface area contributed by atoms with E-state index in [0.717, 1.165) is 0 Å². The van der Waals surface area contributed by atoms with E-state index in [0.29, 0.717) is 33.3 Å². The number of carbonyl (C=O) groups is 1. The van der Waals surface area contributed by atoms with E-state index in [-0.39, 0.29) is 12.3 Å². The highest BCUT2D eigenvalue weighted by Gasteiger charge is 2.10. The molecule has 3 aromatic heterocycles. The van der Waals surface area contributed by atoms with Crippen LogP contribution in [0.25, 0.3) is 0 Å². The van der Waals surface area contributed by atoms with Crippen LogP contribution < -0.4 is 4.74 Å². The molecule has 4 aromatic rings. The van der Waals surface area contributed by atoms with E-state index in [4.69, 9.17) is 20.8 Å². The van der Waals surface area contributed by atoms with Crippen molar-refractivity contribution in [2.45, 2.75) is 17.6 Å². The number of nitrogens with zero attached hydrogens (tertiary/aromatic N) is 6. The van der Waals surface area contributed by atoms with Crippen molar-refractivity contribution in [2.75, 3.05) is 7.11 Å². The van der Waals surface area contributed by atoms with Crippen LogP contribution in [0.4, 0.5) is 0 Å². The summed E-state index contributed by atoms with van der Waals surface area (Å²) in [7, 11) is 1.31. The first-order valence-electron chi connectivity index (χ1n) is 9.27. The number of rotatable bonds is 9. The van der Waals surface area contributed by atoms with Gasteiger partial charge in [0.05, 0.1) is 19.2 Å². The van der Waals surface area contributed by atoms with Gasteiger partial charge in [-0.25, -0.2) is 4.79 Å². The molecule has 32 heavy (non-hydrogen) atoms. The summed E-state index contributed by atoms with van der Waals surface area (Å²) in [5.41, 5.74) is 0.237. The Labute approximate surface area is 191 Å². The van der Waals surface area contributed by atoms with Crippen LogP contribution in [0.1, 0.15) is 22.0 Å². The molecule has 0 aliphatic heterocycles. The third kappa shape index (κ3) is 5.56. The first kappa shape index (κ1) is 21.7. The standard InChI is InChI=1S/C20H17ClN6O4S/c1-29-19(28)18-7-8-26(25-18)13-32-20-24-22-12-27(20)23-10-16-5-6-17(31-16)11-30-15-4-2-3-14(21)9-15/h2-10,12H,11,13H2,1H3/b23-10-. The lowest BCUT2D eigenvalue weighted by Crippen LogP contribution is -2.04. The molecule has 0 aliphatic rings. The van der Waals surface area contributed by atoms with Gasteiger partial charge >= 0.3 is 5.97 Å². The van der Waals surface area contributed by atoms with Crippen LogP contribution in [0.3, 0.4) is 0 Å². The Kier molecular flexibility index (Phi) is 6.87. The maximum Gasteiger partial charge on any atom is 0.358 e. The highest BCUT2D eigenvalue weighted by atomic mass is 35.5. The van der Waals surface area contributed by atoms with Crippen LogP contribution in [-0.4, -0.2) is 43.9 Å². The van der Waals surface area contributed by atoms with Crippen molar-refractivity contribution in [3.8, 4) is 5.75 Å². The Balaban J connectivity index is 1.33. The molecule has 0 saturated carbocycles. The molecule has 0 radical (unpaired) electrons. The monoisotopic (exact) mass is 472 g/mol. The predicted molar refractivity (Wildman–Crippen MR) is 117 cm³/mol. The lowest BCUT2D eigenvalue weighted by Gasteiger charge is -2.03. The number of halogens is 1. The molecule has 0 spiro atoms. The molecular weight excluding hydrogens is 456 g/mol. The minimum Gasteiger partial charge on any atom is -0.486 e. The van der Waals surface area contributed by atoms with E-state index in [1.165, 1.54) is 29.9 Å². The Morgan fingerprint density at radius 1 is 1.31 bits per heavy atom. The summed E-state index contributed by atoms with van der Waals surface area (Å²) in [6.07, 6.45) is 4.71. The quantitative estimate of drug-likeness (QED) is 0.206. The zero-order chi connectivity index (χ0) is 22.3. The van der Waals surface area contributed by atoms with Crippen molar-refractivity contribution < 1.29 is 18.7 Å². The van der Waals surface area contributed by atoms with E-state index in [1.54, 1.807) is 41.4 Å². The van der Waals surface area contributed by atoms with Gasteiger partial charge in [0.2, 0.25) is 5.16 Å². The van der Waals surface area contributed by atoms with Crippen molar-refractivity contribution in [3.05, 3.63) is 77.2 Å². The minimum absolute atomic E-state index is 0.237. The van der Waals surface area contributed by atoms with Crippen molar-refractivity contribution >= 4 is 35.5 Å². The van der Waals surface area contributed by atoms with Gasteiger partial charge in [-0.1, -0.05) is 29.4 Å². The van der Waals surface area contributed by atoms with Gasteiger partial charge in [0.25, 0.3) is 0 Å². The summed E-state index contributed by atoms with van der Waals surface area (Å²) in [6, 6.07) is 12.3. The maximum absolute atomic E-state index is 11.5. The van der Waals surface area contributed by atoms with Crippen LogP contribution >= 0.6 is 23.4 Å². The molecule has 0 aliphatic carbocycles. The largest absolute Gasteiger partial charge is 0.486 e. The molecule has 0 saturated heterocycles. The molecule has 0 N–H and O–H groups in total. The number of methoxy groups -OCH3 is 1. The number of aromatic nitrogens is 5. The molecule has 0 unspecified atom stereocenters. The number of ether oxygens (including phenoxy) is 2. The SMILES string of the molecule is COC(=O)c1ccn(CSc2nncn2/N=C\c2ccc(COc3cccc(Cl)c3)o2)n1. The highest BCUT2D eigenvalue weighted by Crippen LogP contribution is 2.19. The molecule has 0 fully saturated rings. The van der Waals surface area contributed by atoms with Crippen LogP contribution in [-0.2, 0) is 17.2 Å². The average Bonchev–Trinajstić information content (AvgIpc) is 3.55. The van der Waals surface area contributed by atoms with Gasteiger partial charge in [0.15, 0.2) is 5.69 Å². The van der Waals surface area contributed by atoms with E-state index < -0.39 is 5.97 Å². The van der Waals surface area contributed by atoms with Crippen LogP contribution in [0.5, 0.6) is 5.75 Å². The van der Waals surface area contributed by atoms with Gasteiger partial charge in [-0.3, -0.25) is 4.68 Å². The summed E-state index contributed by atoms with van der Waals surface area (Å²) in [5.74, 6) is 1.78. The normalized spacial score (nSPS) is 11.2. The van der Waals surface area contributed by atoms with Crippen LogP contribution in [0.2, 0.25) is 5.02 Å². The predicted octanol–water partition coefficient (Wildman–Crippen LogP) is 3.72. The van der Waals surface area contributed by atoms with E-state index in [2.05, 4.69) is 25.1 Å². The maximum atomic E-state index is 11.5. The minimum atomic E-state index is -0.489. The Bertz CT molecular complexity index is 1230. The second-order valence-electron chi connectivity index (χ2n) is 6.26. The van der Waals surface area contributed by atoms with E-state index in [1.807, 2.05) is 18.2 Å². The number of esters is 1. The fraction of sp³-hybridized carbons (Fsp3) is 0.150. The molecule has 3 heterocycles. The average molecular weight is 473 g/mol. The molecule has 10 nitrogen and oxygen atoms in total. The second kappa shape index (κ2) is 10.2. The summed E-state index contributed by atoms with van der Waals surface area (Å²) in [5, 5.41) is 17.6. The lowest BCUT2D eigenvalue weighted by atomic mass is 10.3. The number of furan rings is 1. The molecule has 0 bridgehead atoms. The smallest absolute Gasteiger partial charge is 0.358 e. The van der Waals surface area contributed by atoms with Gasteiger partial charge < -0.3 is 13.9 Å². The molecule has 0 amide bonds. The number of carbonyl (C=O) groups excluding carboxylic acids is 1. The first-order chi connectivity index (χ1) is 15.6. The fourth-order valence-corrected chi connectivity index (χ4v) is 3.44. The third-order valence-corrected chi connectivity index (χ3v) is 5.19. The molecule has 1 aromatic carbocycles. The molecule has 12 heteroatoms. The van der Waals surface area contributed by atoms with Gasteiger partial charge in [0, 0.05) is 11.2 Å². The van der Waals surface area contributed by atoms with Gasteiger partial charge in [-0.05, 0) is 36.4 Å². The first-order valence-corrected chi connectivity index (χ1v) is 10.6. The van der Waals surface area contributed by atoms with Crippen molar-refractivity contribution in [1.29, 1.82) is 0 Å². The summed E-state index contributed by atoms with van der Waals surface area (Å²) >= 11 is 7.30. The van der Waals surface area contributed by atoms with Crippen molar-refractivity contribution in [1.82, 2.24) is 24.7 Å². The topological polar surface area (TPSA) is 110 Å². The van der Waals surface area contributed by atoms with Crippen LogP contribution in [0, 0.1) is 0 Å². The van der Waals surface area contributed by atoms with Gasteiger partial charge in [-0.15, -0.1) is 10.2 Å². The summed E-state index contributed by atoms with van der Waals surface area (Å²) in [6.45, 7) is 0.263. The molecular formula is C20H17ClN6O4S. The zero-order valence-corrected chi connectivity index (χ0v) is 18.4. The lowest BCUT2D eigenvalue weighted by molar-refractivity contribution is 0.0593. The second-order valence-corrected chi connectivity index (χ2v) is 7.61. The van der Waals surface area contributed by atoms with Crippen LogP contribution in [0.15, 0.2) is 69.7 Å². The number of hydrogen-bond acceptors (Lipinski definition) is 9. The number of benzene rings is 1. The van der Waals surface area contributed by atoms with E-state index >= 15 is 0 Å². The molecule has 164 valence electrons. The van der Waals surface area contributed by atoms with Gasteiger partial charge in [-0.2, -0.15) is 14.9 Å². The van der Waals surface area contributed by atoms with Gasteiger partial charge in [0.1, 0.15) is 30.2 Å². The Morgan fingerprint density at radius 3 is 3.06 bits per heavy atom. The fourth-order valence-electron chi connectivity index (χ4n) is 2.54. The zero-order valence-electron chi connectivity index (χ0n) is 16.8. The Morgan fingerprint density at radius 2 is 2.22 bits per heavy atom. The summed E-state index contributed by atoms with van der Waals surface area (Å²) < 4.78 is 19.1. The number of hydrogen-bond donors (Lipinski definition) is 0. The van der Waals surface area contributed by atoms with Crippen molar-refractivity contribution in [3.63, 3.8) is 0 Å². The number of thioether (sulfide) groups is 1. The third-order valence-electron chi connectivity index (χ3n) is 4.03.